The summed E-state index contributed by atoms with van der Waals surface area (Å²) < 4.78 is 12.0. The lowest BCUT2D eigenvalue weighted by molar-refractivity contribution is -0.0272. The summed E-state index contributed by atoms with van der Waals surface area (Å²) in [6.07, 6.45) is 7.85. The molecule has 7 nitrogen and oxygen atoms in total. The molecule has 0 radical (unpaired) electrons. The highest BCUT2D eigenvalue weighted by Crippen LogP contribution is 2.40. The number of carbonyl (C=O) groups excluding carboxylic acids is 1. The number of carbonyl (C=O) groups is 1. The van der Waals surface area contributed by atoms with Gasteiger partial charge in [-0.1, -0.05) is 0 Å². The number of hydrogen-bond acceptors (Lipinski definition) is 7. The Bertz CT molecular complexity index is 983. The van der Waals surface area contributed by atoms with Crippen LogP contribution >= 0.6 is 11.8 Å². The fourth-order valence-corrected chi connectivity index (χ4v) is 5.23. The van der Waals surface area contributed by atoms with E-state index in [1.807, 2.05) is 45.3 Å². The third-order valence-electron chi connectivity index (χ3n) is 6.24. The highest BCUT2D eigenvalue weighted by Gasteiger charge is 2.41. The molecule has 2 aliphatic heterocycles. The number of hydrogen-bond donors (Lipinski definition) is 1. The number of aliphatic hydroxyl groups excluding tert-OH is 1. The van der Waals surface area contributed by atoms with Crippen molar-refractivity contribution in [3.8, 4) is 17.1 Å². The second-order valence-corrected chi connectivity index (χ2v) is 11.2. The van der Waals surface area contributed by atoms with E-state index in [1.165, 1.54) is 5.56 Å². The van der Waals surface area contributed by atoms with Crippen molar-refractivity contribution in [2.24, 2.45) is 0 Å². The summed E-state index contributed by atoms with van der Waals surface area (Å²) in [5.41, 5.74) is 2.59. The topological polar surface area (TPSA) is 84.8 Å². The Morgan fingerprint density at radius 1 is 1.21 bits per heavy atom. The molecule has 1 spiro atoms. The molecule has 0 saturated carbocycles. The Labute approximate surface area is 206 Å². The zero-order valence-electron chi connectivity index (χ0n) is 20.4. The second kappa shape index (κ2) is 10.5. The standard InChI is InChI=1S/C26H35N3O4S/c1-25(2,3)33-24(31)29-11-9-26(10-12-29)8-7-20-15-21(5-6-22(20)32-26)23-27-16-19(17-28-23)18-34-14-4-13-30/h5-6,15-17,30H,4,7-14,18H2,1-3H3. The van der Waals surface area contributed by atoms with Gasteiger partial charge in [0.25, 0.3) is 0 Å². The molecule has 184 valence electrons. The summed E-state index contributed by atoms with van der Waals surface area (Å²) in [7, 11) is 0. The normalized spacial score (nSPS) is 17.2. The third-order valence-corrected chi connectivity index (χ3v) is 7.36. The average molecular weight is 486 g/mol. The van der Waals surface area contributed by atoms with Gasteiger partial charge in [0.15, 0.2) is 5.82 Å². The monoisotopic (exact) mass is 485 g/mol. The molecule has 0 unspecified atom stereocenters. The van der Waals surface area contributed by atoms with Crippen LogP contribution in [0.3, 0.4) is 0 Å². The van der Waals surface area contributed by atoms with Crippen LogP contribution < -0.4 is 4.74 Å². The zero-order valence-corrected chi connectivity index (χ0v) is 21.2. The smallest absolute Gasteiger partial charge is 0.410 e. The fourth-order valence-electron chi connectivity index (χ4n) is 4.37. The van der Waals surface area contributed by atoms with Crippen LogP contribution in [0.2, 0.25) is 0 Å². The van der Waals surface area contributed by atoms with E-state index < -0.39 is 5.60 Å². The van der Waals surface area contributed by atoms with E-state index in [0.29, 0.717) is 13.1 Å². The first-order valence-electron chi connectivity index (χ1n) is 12.1. The summed E-state index contributed by atoms with van der Waals surface area (Å²) in [6, 6.07) is 6.20. The highest BCUT2D eigenvalue weighted by molar-refractivity contribution is 7.98. The van der Waals surface area contributed by atoms with Gasteiger partial charge >= 0.3 is 6.09 Å². The van der Waals surface area contributed by atoms with Gasteiger partial charge in [0.2, 0.25) is 0 Å². The van der Waals surface area contributed by atoms with Gasteiger partial charge in [0.1, 0.15) is 17.0 Å². The second-order valence-electron chi connectivity index (χ2n) is 10.1. The maximum atomic E-state index is 12.4. The number of ether oxygens (including phenoxy) is 2. The van der Waals surface area contributed by atoms with Crippen LogP contribution in [0.15, 0.2) is 30.6 Å². The third kappa shape index (κ3) is 6.21. The van der Waals surface area contributed by atoms with Gasteiger partial charge in [-0.25, -0.2) is 14.8 Å². The van der Waals surface area contributed by atoms with Crippen molar-refractivity contribution in [2.45, 2.75) is 69.8 Å². The predicted octanol–water partition coefficient (Wildman–Crippen LogP) is 4.85. The van der Waals surface area contributed by atoms with Crippen LogP contribution in [-0.4, -0.2) is 62.7 Å². The van der Waals surface area contributed by atoms with Crippen molar-refractivity contribution in [1.29, 1.82) is 0 Å². The van der Waals surface area contributed by atoms with Gasteiger partial charge in [-0.2, -0.15) is 11.8 Å². The minimum atomic E-state index is -0.479. The van der Waals surface area contributed by atoms with Crippen molar-refractivity contribution in [3.05, 3.63) is 41.7 Å². The van der Waals surface area contributed by atoms with Crippen LogP contribution in [0, 0.1) is 0 Å². The Kier molecular flexibility index (Phi) is 7.67. The summed E-state index contributed by atoms with van der Waals surface area (Å²) in [6.45, 7) is 7.22. The Morgan fingerprint density at radius 3 is 2.62 bits per heavy atom. The Balaban J connectivity index is 1.35. The van der Waals surface area contributed by atoms with Crippen LogP contribution in [0.4, 0.5) is 4.79 Å². The van der Waals surface area contributed by atoms with Crippen LogP contribution in [0.1, 0.15) is 57.6 Å². The summed E-state index contributed by atoms with van der Waals surface area (Å²) in [5, 5.41) is 8.88. The molecular formula is C26H35N3O4S. The van der Waals surface area contributed by atoms with Crippen molar-refractivity contribution >= 4 is 17.9 Å². The molecule has 3 heterocycles. The first kappa shape index (κ1) is 24.8. The largest absolute Gasteiger partial charge is 0.487 e. The lowest BCUT2D eigenvalue weighted by Crippen LogP contribution is -2.52. The number of aromatic nitrogens is 2. The van der Waals surface area contributed by atoms with E-state index >= 15 is 0 Å². The lowest BCUT2D eigenvalue weighted by atomic mass is 9.83. The number of aliphatic hydroxyl groups is 1. The maximum Gasteiger partial charge on any atom is 0.410 e. The van der Waals surface area contributed by atoms with Crippen molar-refractivity contribution in [2.75, 3.05) is 25.4 Å². The maximum absolute atomic E-state index is 12.4. The van der Waals surface area contributed by atoms with Gasteiger partial charge in [0, 0.05) is 56.2 Å². The molecule has 1 aromatic heterocycles. The number of thioether (sulfide) groups is 1. The SMILES string of the molecule is CC(C)(C)OC(=O)N1CCC2(CCc3cc(-c4ncc(CSCCCO)cn4)ccc3O2)CC1. The van der Waals surface area contributed by atoms with E-state index in [9.17, 15) is 4.79 Å². The van der Waals surface area contributed by atoms with E-state index in [2.05, 4.69) is 16.0 Å². The molecular weight excluding hydrogens is 450 g/mol. The zero-order chi connectivity index (χ0) is 24.2. The molecule has 0 aliphatic carbocycles. The van der Waals surface area contributed by atoms with Crippen molar-refractivity contribution in [1.82, 2.24) is 14.9 Å². The number of likely N-dealkylation sites (tertiary alicyclic amines) is 1. The van der Waals surface area contributed by atoms with Gasteiger partial charge in [0.05, 0.1) is 0 Å². The summed E-state index contributed by atoms with van der Waals surface area (Å²) >= 11 is 1.78. The summed E-state index contributed by atoms with van der Waals surface area (Å²) in [4.78, 5) is 23.3. The molecule has 4 rings (SSSR count). The first-order chi connectivity index (χ1) is 16.3. The number of amides is 1. The van der Waals surface area contributed by atoms with Crippen LogP contribution in [0.25, 0.3) is 11.4 Å². The molecule has 8 heteroatoms. The Morgan fingerprint density at radius 2 is 1.94 bits per heavy atom. The van der Waals surface area contributed by atoms with E-state index in [0.717, 1.165) is 66.3 Å². The number of aryl methyl sites for hydroxylation is 1. The quantitative estimate of drug-likeness (QED) is 0.585. The minimum Gasteiger partial charge on any atom is -0.487 e. The number of fused-ring (bicyclic) bond motifs is 1. The molecule has 34 heavy (non-hydrogen) atoms. The van der Waals surface area contributed by atoms with Gasteiger partial charge < -0.3 is 19.5 Å². The van der Waals surface area contributed by atoms with Gasteiger partial charge in [-0.3, -0.25) is 0 Å². The molecule has 2 aliphatic rings. The molecule has 1 saturated heterocycles. The van der Waals surface area contributed by atoms with Crippen molar-refractivity contribution < 1.29 is 19.4 Å². The highest BCUT2D eigenvalue weighted by atomic mass is 32.2. The van der Waals surface area contributed by atoms with Crippen LogP contribution in [0.5, 0.6) is 5.75 Å². The number of rotatable bonds is 6. The van der Waals surface area contributed by atoms with Gasteiger partial charge in [-0.05, 0) is 75.1 Å². The average Bonchev–Trinajstić information content (AvgIpc) is 2.81. The molecule has 0 atom stereocenters. The van der Waals surface area contributed by atoms with Crippen molar-refractivity contribution in [3.63, 3.8) is 0 Å². The Hall–Kier alpha value is -2.32. The van der Waals surface area contributed by atoms with Crippen LogP contribution in [-0.2, 0) is 16.9 Å². The van der Waals surface area contributed by atoms with E-state index in [-0.39, 0.29) is 18.3 Å². The molecule has 1 fully saturated rings. The first-order valence-corrected chi connectivity index (χ1v) is 13.2. The predicted molar refractivity (Wildman–Crippen MR) is 134 cm³/mol. The van der Waals surface area contributed by atoms with E-state index in [1.54, 1.807) is 16.7 Å². The molecule has 1 aromatic carbocycles. The molecule has 1 amide bonds. The number of benzene rings is 1. The molecule has 2 aromatic rings. The number of piperidine rings is 1. The fraction of sp³-hybridized carbons (Fsp3) is 0.577. The van der Waals surface area contributed by atoms with E-state index in [4.69, 9.17) is 14.6 Å². The molecule has 0 bridgehead atoms. The number of nitrogens with zero attached hydrogens (tertiary/aromatic N) is 3. The molecule has 1 N–H and O–H groups in total. The minimum absolute atomic E-state index is 0.209. The summed E-state index contributed by atoms with van der Waals surface area (Å²) in [5.74, 6) is 3.44. The van der Waals surface area contributed by atoms with Gasteiger partial charge in [-0.15, -0.1) is 0 Å². The lowest BCUT2D eigenvalue weighted by Gasteiger charge is -2.44.